The van der Waals surface area contributed by atoms with Gasteiger partial charge in [0.15, 0.2) is 5.78 Å². The van der Waals surface area contributed by atoms with E-state index in [0.29, 0.717) is 5.56 Å². The van der Waals surface area contributed by atoms with E-state index in [0.717, 1.165) is 0 Å². The lowest BCUT2D eigenvalue weighted by atomic mass is 10.1. The van der Waals surface area contributed by atoms with Crippen LogP contribution < -0.4 is 0 Å². The Balaban J connectivity index is 2.59. The number of hydrogen-bond acceptors (Lipinski definition) is 4. The molecule has 0 atom stereocenters. The highest BCUT2D eigenvalue weighted by Crippen LogP contribution is 2.08. The summed E-state index contributed by atoms with van der Waals surface area (Å²) in [7, 11) is 0. The number of pyridine rings is 1. The minimum atomic E-state index is -0.528. The maximum Gasteiger partial charge on any atom is 0.333 e. The van der Waals surface area contributed by atoms with Crippen molar-refractivity contribution in [1.82, 2.24) is 4.98 Å². The molecule has 0 aliphatic carbocycles. The topological polar surface area (TPSA) is 56.3 Å². The molecule has 16 heavy (non-hydrogen) atoms. The van der Waals surface area contributed by atoms with Crippen molar-refractivity contribution in [2.24, 2.45) is 0 Å². The standard InChI is InChI=1S/C12H13NO3/c1-3-16-12(15)9(2)7-11(14)10-5-4-6-13-8-10/h4-6,8H,2-3,7H2,1H3. The molecule has 1 aromatic heterocycles. The monoisotopic (exact) mass is 219 g/mol. The summed E-state index contributed by atoms with van der Waals surface area (Å²) in [4.78, 5) is 26.7. The average Bonchev–Trinajstić information content (AvgIpc) is 2.30. The van der Waals surface area contributed by atoms with Crippen LogP contribution in [0.2, 0.25) is 0 Å². The van der Waals surface area contributed by atoms with Crippen molar-refractivity contribution in [2.45, 2.75) is 13.3 Å². The number of carbonyl (C=O) groups excluding carboxylic acids is 2. The third kappa shape index (κ3) is 3.31. The van der Waals surface area contributed by atoms with E-state index in [1.165, 1.54) is 6.20 Å². The van der Waals surface area contributed by atoms with Gasteiger partial charge in [-0.25, -0.2) is 4.79 Å². The lowest BCUT2D eigenvalue weighted by Crippen LogP contribution is -2.11. The Morgan fingerprint density at radius 1 is 1.50 bits per heavy atom. The van der Waals surface area contributed by atoms with Gasteiger partial charge in [0.1, 0.15) is 0 Å². The van der Waals surface area contributed by atoms with E-state index in [2.05, 4.69) is 11.6 Å². The normalized spacial score (nSPS) is 9.56. The highest BCUT2D eigenvalue weighted by Gasteiger charge is 2.13. The largest absolute Gasteiger partial charge is 0.463 e. The molecule has 0 bridgehead atoms. The Morgan fingerprint density at radius 3 is 2.81 bits per heavy atom. The highest BCUT2D eigenvalue weighted by atomic mass is 16.5. The quantitative estimate of drug-likeness (QED) is 0.430. The molecule has 0 radical (unpaired) electrons. The van der Waals surface area contributed by atoms with Gasteiger partial charge in [0, 0.05) is 30.0 Å². The van der Waals surface area contributed by atoms with Gasteiger partial charge >= 0.3 is 5.97 Å². The minimum Gasteiger partial charge on any atom is -0.463 e. The lowest BCUT2D eigenvalue weighted by Gasteiger charge is -2.04. The number of aromatic nitrogens is 1. The van der Waals surface area contributed by atoms with E-state index >= 15 is 0 Å². The van der Waals surface area contributed by atoms with E-state index in [9.17, 15) is 9.59 Å². The van der Waals surface area contributed by atoms with Gasteiger partial charge < -0.3 is 4.74 Å². The minimum absolute atomic E-state index is 0.0372. The number of esters is 1. The summed E-state index contributed by atoms with van der Waals surface area (Å²) in [6.45, 7) is 5.50. The molecule has 4 nitrogen and oxygen atoms in total. The van der Waals surface area contributed by atoms with Crippen LogP contribution in [0.5, 0.6) is 0 Å². The first-order valence-corrected chi connectivity index (χ1v) is 4.93. The van der Waals surface area contributed by atoms with Crippen molar-refractivity contribution in [3.05, 3.63) is 42.2 Å². The second-order valence-corrected chi connectivity index (χ2v) is 3.17. The van der Waals surface area contributed by atoms with Gasteiger partial charge in [-0.2, -0.15) is 0 Å². The predicted molar refractivity (Wildman–Crippen MR) is 59.0 cm³/mol. The molecule has 0 fully saturated rings. The molecule has 0 spiro atoms. The first kappa shape index (κ1) is 12.1. The molecule has 0 aromatic carbocycles. The Bertz CT molecular complexity index is 398. The SMILES string of the molecule is C=C(CC(=O)c1cccnc1)C(=O)OCC. The van der Waals surface area contributed by atoms with Gasteiger partial charge in [0.25, 0.3) is 0 Å². The zero-order valence-corrected chi connectivity index (χ0v) is 9.10. The molecule has 0 amide bonds. The number of rotatable bonds is 5. The van der Waals surface area contributed by atoms with Crippen molar-refractivity contribution >= 4 is 11.8 Å². The van der Waals surface area contributed by atoms with Crippen molar-refractivity contribution in [1.29, 1.82) is 0 Å². The lowest BCUT2D eigenvalue weighted by molar-refractivity contribution is -0.138. The molecule has 4 heteroatoms. The molecule has 1 rings (SSSR count). The number of nitrogens with zero attached hydrogens (tertiary/aromatic N) is 1. The van der Waals surface area contributed by atoms with E-state index in [4.69, 9.17) is 4.74 Å². The summed E-state index contributed by atoms with van der Waals surface area (Å²) < 4.78 is 4.73. The molecule has 0 unspecified atom stereocenters. The number of Topliss-reactive ketones (excluding diaryl/α,β-unsaturated/α-hetero) is 1. The first-order chi connectivity index (χ1) is 7.65. The molecule has 84 valence electrons. The number of carbonyl (C=O) groups is 2. The molecule has 1 heterocycles. The van der Waals surface area contributed by atoms with Gasteiger partial charge in [-0.05, 0) is 19.1 Å². The van der Waals surface area contributed by atoms with Gasteiger partial charge in [0.2, 0.25) is 0 Å². The van der Waals surface area contributed by atoms with Crippen LogP contribution >= 0.6 is 0 Å². The molecule has 0 N–H and O–H groups in total. The third-order valence-electron chi connectivity index (χ3n) is 1.92. The van der Waals surface area contributed by atoms with Crippen molar-refractivity contribution in [3.63, 3.8) is 0 Å². The van der Waals surface area contributed by atoms with Crippen LogP contribution in [-0.4, -0.2) is 23.3 Å². The fourth-order valence-corrected chi connectivity index (χ4v) is 1.13. The summed E-state index contributed by atoms with van der Waals surface area (Å²) in [6.07, 6.45) is 3.00. The summed E-state index contributed by atoms with van der Waals surface area (Å²) in [5.41, 5.74) is 0.628. The van der Waals surface area contributed by atoms with E-state index in [-0.39, 0.29) is 24.4 Å². The van der Waals surface area contributed by atoms with Crippen LogP contribution in [0.15, 0.2) is 36.7 Å². The molecule has 1 aromatic rings. The smallest absolute Gasteiger partial charge is 0.333 e. The number of ether oxygens (including phenoxy) is 1. The second-order valence-electron chi connectivity index (χ2n) is 3.17. The Labute approximate surface area is 94.0 Å². The average molecular weight is 219 g/mol. The molecular weight excluding hydrogens is 206 g/mol. The van der Waals surface area contributed by atoms with Gasteiger partial charge in [0.05, 0.1) is 6.61 Å². The fraction of sp³-hybridized carbons (Fsp3) is 0.250. The summed E-state index contributed by atoms with van der Waals surface area (Å²) in [5.74, 6) is -0.717. The van der Waals surface area contributed by atoms with Gasteiger partial charge in [-0.1, -0.05) is 6.58 Å². The molecule has 0 saturated carbocycles. The molecule has 0 aliphatic rings. The Hall–Kier alpha value is -1.97. The van der Waals surface area contributed by atoms with Crippen LogP contribution in [0.3, 0.4) is 0 Å². The fourth-order valence-electron chi connectivity index (χ4n) is 1.13. The zero-order chi connectivity index (χ0) is 12.0. The summed E-state index contributed by atoms with van der Waals surface area (Å²) in [5, 5.41) is 0. The highest BCUT2D eigenvalue weighted by molar-refractivity contribution is 6.02. The molecule has 0 saturated heterocycles. The zero-order valence-electron chi connectivity index (χ0n) is 9.10. The summed E-state index contributed by atoms with van der Waals surface area (Å²) >= 11 is 0. The van der Waals surface area contributed by atoms with Crippen LogP contribution in [0.25, 0.3) is 0 Å². The first-order valence-electron chi connectivity index (χ1n) is 4.93. The van der Waals surface area contributed by atoms with E-state index < -0.39 is 5.97 Å². The van der Waals surface area contributed by atoms with Crippen LogP contribution in [0.1, 0.15) is 23.7 Å². The van der Waals surface area contributed by atoms with Crippen molar-refractivity contribution in [2.75, 3.05) is 6.61 Å². The Kier molecular flexibility index (Phi) is 4.39. The second kappa shape index (κ2) is 5.80. The maximum absolute atomic E-state index is 11.7. The Morgan fingerprint density at radius 2 is 2.25 bits per heavy atom. The number of ketones is 1. The third-order valence-corrected chi connectivity index (χ3v) is 1.92. The molecule has 0 aliphatic heterocycles. The van der Waals surface area contributed by atoms with Crippen molar-refractivity contribution in [3.8, 4) is 0 Å². The van der Waals surface area contributed by atoms with Crippen LogP contribution in [0.4, 0.5) is 0 Å². The van der Waals surface area contributed by atoms with Gasteiger partial charge in [-0.15, -0.1) is 0 Å². The summed E-state index contributed by atoms with van der Waals surface area (Å²) in [6, 6.07) is 3.31. The van der Waals surface area contributed by atoms with Gasteiger partial charge in [-0.3, -0.25) is 9.78 Å². The predicted octanol–water partition coefficient (Wildman–Crippen LogP) is 1.77. The maximum atomic E-state index is 11.7. The van der Waals surface area contributed by atoms with Crippen molar-refractivity contribution < 1.29 is 14.3 Å². The molecular formula is C12H13NO3. The van der Waals surface area contributed by atoms with Crippen LogP contribution in [-0.2, 0) is 9.53 Å². The van der Waals surface area contributed by atoms with E-state index in [1.54, 1.807) is 25.3 Å². The van der Waals surface area contributed by atoms with E-state index in [1.807, 2.05) is 0 Å². The van der Waals surface area contributed by atoms with Crippen LogP contribution in [0, 0.1) is 0 Å². The number of hydrogen-bond donors (Lipinski definition) is 0.